The van der Waals surface area contributed by atoms with Gasteiger partial charge < -0.3 is 9.84 Å². The lowest BCUT2D eigenvalue weighted by molar-refractivity contribution is 0.0357. The predicted octanol–water partition coefficient (Wildman–Crippen LogP) is 0.290. The normalized spacial score (nSPS) is 16.2. The van der Waals surface area contributed by atoms with Crippen LogP contribution in [0, 0.1) is 0 Å². The molecule has 0 fully saturated rings. The summed E-state index contributed by atoms with van der Waals surface area (Å²) < 4.78 is 4.90. The Kier molecular flexibility index (Phi) is 3.21. The van der Waals surface area contributed by atoms with Crippen molar-refractivity contribution in [2.24, 2.45) is 0 Å². The molecular formula is C12H13NO4. The Morgan fingerprint density at radius 1 is 1.24 bits per heavy atom. The molecule has 1 aromatic rings. The number of benzene rings is 1. The molecule has 1 atom stereocenters. The van der Waals surface area contributed by atoms with Crippen molar-refractivity contribution in [3.63, 3.8) is 0 Å². The van der Waals surface area contributed by atoms with Crippen LogP contribution < -0.4 is 0 Å². The van der Waals surface area contributed by atoms with Crippen LogP contribution in [0.5, 0.6) is 0 Å². The second-order valence-corrected chi connectivity index (χ2v) is 3.82. The Morgan fingerprint density at radius 3 is 2.18 bits per heavy atom. The van der Waals surface area contributed by atoms with Gasteiger partial charge in [0.1, 0.15) is 0 Å². The highest BCUT2D eigenvalue weighted by atomic mass is 16.5. The van der Waals surface area contributed by atoms with Gasteiger partial charge in [0.25, 0.3) is 11.8 Å². The molecule has 1 aliphatic heterocycles. The zero-order valence-electron chi connectivity index (χ0n) is 9.42. The number of rotatable bonds is 4. The number of aliphatic hydroxyl groups excluding tert-OH is 1. The van der Waals surface area contributed by atoms with E-state index >= 15 is 0 Å². The van der Waals surface area contributed by atoms with Crippen LogP contribution in [0.15, 0.2) is 24.3 Å². The van der Waals surface area contributed by atoms with Crippen molar-refractivity contribution >= 4 is 11.8 Å². The fraction of sp³-hybridized carbons (Fsp3) is 0.333. The lowest BCUT2D eigenvalue weighted by Crippen LogP contribution is -2.44. The molecule has 1 N–H and O–H groups in total. The minimum atomic E-state index is -0.632. The third-order valence-corrected chi connectivity index (χ3v) is 2.76. The van der Waals surface area contributed by atoms with Crippen molar-refractivity contribution in [3.8, 4) is 0 Å². The van der Waals surface area contributed by atoms with Gasteiger partial charge in [-0.25, -0.2) is 0 Å². The summed E-state index contributed by atoms with van der Waals surface area (Å²) in [5, 5.41) is 9.21. The summed E-state index contributed by atoms with van der Waals surface area (Å²) in [6.07, 6.45) is 0. The number of methoxy groups -OCH3 is 1. The summed E-state index contributed by atoms with van der Waals surface area (Å²) in [6.45, 7) is -0.179. The third-order valence-electron chi connectivity index (χ3n) is 2.76. The van der Waals surface area contributed by atoms with Crippen LogP contribution in [0.25, 0.3) is 0 Å². The molecule has 5 heteroatoms. The van der Waals surface area contributed by atoms with E-state index in [4.69, 9.17) is 4.74 Å². The number of fused-ring (bicyclic) bond motifs is 1. The first-order valence-corrected chi connectivity index (χ1v) is 5.27. The number of amides is 2. The Hall–Kier alpha value is -1.72. The molecule has 0 bridgehead atoms. The van der Waals surface area contributed by atoms with E-state index in [2.05, 4.69) is 0 Å². The van der Waals surface area contributed by atoms with E-state index in [1.54, 1.807) is 24.3 Å². The largest absolute Gasteiger partial charge is 0.394 e. The van der Waals surface area contributed by atoms with Crippen molar-refractivity contribution in [3.05, 3.63) is 35.4 Å². The van der Waals surface area contributed by atoms with Crippen LogP contribution >= 0.6 is 0 Å². The number of hydrogen-bond acceptors (Lipinski definition) is 4. The fourth-order valence-electron chi connectivity index (χ4n) is 1.94. The smallest absolute Gasteiger partial charge is 0.261 e. The van der Waals surface area contributed by atoms with Crippen LogP contribution in [0.3, 0.4) is 0 Å². The highest BCUT2D eigenvalue weighted by Gasteiger charge is 2.39. The number of aliphatic hydroxyl groups is 1. The van der Waals surface area contributed by atoms with Crippen molar-refractivity contribution < 1.29 is 19.4 Å². The maximum atomic E-state index is 12.0. The summed E-state index contributed by atoms with van der Waals surface area (Å²) in [6, 6.07) is 6.00. The second kappa shape index (κ2) is 4.65. The molecule has 2 amide bonds. The molecule has 0 aliphatic carbocycles. The zero-order chi connectivity index (χ0) is 12.4. The van der Waals surface area contributed by atoms with Crippen molar-refractivity contribution in [1.82, 2.24) is 4.90 Å². The third kappa shape index (κ3) is 1.83. The Balaban J connectivity index is 2.35. The maximum Gasteiger partial charge on any atom is 0.261 e. The highest BCUT2D eigenvalue weighted by molar-refractivity contribution is 6.21. The Morgan fingerprint density at radius 2 is 1.76 bits per heavy atom. The fourth-order valence-corrected chi connectivity index (χ4v) is 1.94. The molecule has 1 aliphatic rings. The molecule has 1 heterocycles. The van der Waals surface area contributed by atoms with Gasteiger partial charge >= 0.3 is 0 Å². The highest BCUT2D eigenvalue weighted by Crippen LogP contribution is 2.24. The molecule has 2 rings (SSSR count). The molecule has 0 radical (unpaired) electrons. The molecule has 1 aromatic carbocycles. The lowest BCUT2D eigenvalue weighted by atomic mass is 10.1. The summed E-state index contributed by atoms with van der Waals surface area (Å²) in [4.78, 5) is 25.1. The number of carbonyl (C=O) groups is 2. The van der Waals surface area contributed by atoms with Crippen molar-refractivity contribution in [1.29, 1.82) is 0 Å². The van der Waals surface area contributed by atoms with E-state index in [1.807, 2.05) is 0 Å². The number of ether oxygens (including phenoxy) is 1. The predicted molar refractivity (Wildman–Crippen MR) is 59.7 cm³/mol. The first-order valence-electron chi connectivity index (χ1n) is 5.27. The van der Waals surface area contributed by atoms with E-state index < -0.39 is 6.04 Å². The van der Waals surface area contributed by atoms with Crippen LogP contribution in [-0.2, 0) is 4.74 Å². The van der Waals surface area contributed by atoms with Gasteiger partial charge in [0.15, 0.2) is 0 Å². The van der Waals surface area contributed by atoms with E-state index in [0.29, 0.717) is 11.1 Å². The number of hydrogen-bond donors (Lipinski definition) is 1. The summed E-state index contributed by atoms with van der Waals surface area (Å²) in [7, 11) is 1.46. The quantitative estimate of drug-likeness (QED) is 0.762. The van der Waals surface area contributed by atoms with E-state index in [0.717, 1.165) is 4.90 Å². The maximum absolute atomic E-state index is 12.0. The monoisotopic (exact) mass is 235 g/mol. The number of imide groups is 1. The minimum Gasteiger partial charge on any atom is -0.394 e. The molecule has 0 saturated carbocycles. The van der Waals surface area contributed by atoms with Crippen LogP contribution in [-0.4, -0.2) is 48.2 Å². The molecule has 0 saturated heterocycles. The van der Waals surface area contributed by atoms with Gasteiger partial charge in [-0.1, -0.05) is 12.1 Å². The number of carbonyl (C=O) groups excluding carboxylic acids is 2. The van der Waals surface area contributed by atoms with Crippen molar-refractivity contribution in [2.75, 3.05) is 20.3 Å². The molecule has 0 spiro atoms. The average molecular weight is 235 g/mol. The molecule has 90 valence electrons. The Labute approximate surface area is 98.6 Å². The van der Waals surface area contributed by atoms with Crippen LogP contribution in [0.1, 0.15) is 20.7 Å². The lowest BCUT2D eigenvalue weighted by Gasteiger charge is -2.23. The zero-order valence-corrected chi connectivity index (χ0v) is 9.42. The minimum absolute atomic E-state index is 0.127. The Bertz CT molecular complexity index is 423. The van der Waals surface area contributed by atoms with Gasteiger partial charge in [-0.2, -0.15) is 0 Å². The summed E-state index contributed by atoms with van der Waals surface area (Å²) in [5.41, 5.74) is 0.763. The van der Waals surface area contributed by atoms with Gasteiger partial charge in [0, 0.05) is 7.11 Å². The van der Waals surface area contributed by atoms with Gasteiger partial charge in [0.05, 0.1) is 30.4 Å². The van der Waals surface area contributed by atoms with Gasteiger partial charge in [-0.05, 0) is 12.1 Å². The molecule has 17 heavy (non-hydrogen) atoms. The summed E-state index contributed by atoms with van der Waals surface area (Å²) in [5.74, 6) is -0.747. The molecule has 1 unspecified atom stereocenters. The van der Waals surface area contributed by atoms with E-state index in [1.165, 1.54) is 7.11 Å². The van der Waals surface area contributed by atoms with Gasteiger partial charge in [-0.15, -0.1) is 0 Å². The summed E-state index contributed by atoms with van der Waals surface area (Å²) >= 11 is 0. The van der Waals surface area contributed by atoms with Crippen molar-refractivity contribution in [2.45, 2.75) is 6.04 Å². The van der Waals surface area contributed by atoms with Crippen LogP contribution in [0.2, 0.25) is 0 Å². The topological polar surface area (TPSA) is 66.8 Å². The molecule has 5 nitrogen and oxygen atoms in total. The van der Waals surface area contributed by atoms with E-state index in [9.17, 15) is 14.7 Å². The SMILES string of the molecule is COCC(CO)N1C(=O)c2ccccc2C1=O. The molecular weight excluding hydrogens is 222 g/mol. The van der Waals surface area contributed by atoms with Gasteiger partial charge in [0.2, 0.25) is 0 Å². The second-order valence-electron chi connectivity index (χ2n) is 3.82. The standard InChI is InChI=1S/C12H13NO4/c1-17-7-8(6-14)13-11(15)9-4-2-3-5-10(9)12(13)16/h2-5,8,14H,6-7H2,1H3. The average Bonchev–Trinajstić information content (AvgIpc) is 2.61. The first kappa shape index (κ1) is 11.8. The van der Waals surface area contributed by atoms with Crippen LogP contribution in [0.4, 0.5) is 0 Å². The van der Waals surface area contributed by atoms with Gasteiger partial charge in [-0.3, -0.25) is 14.5 Å². The van der Waals surface area contributed by atoms with E-state index in [-0.39, 0.29) is 25.0 Å². The molecule has 0 aromatic heterocycles. The number of nitrogens with zero attached hydrogens (tertiary/aromatic N) is 1. The first-order chi connectivity index (χ1) is 8.20.